The molecule has 0 fully saturated rings. The summed E-state index contributed by atoms with van der Waals surface area (Å²) in [4.78, 5) is 35.7. The van der Waals surface area contributed by atoms with Crippen molar-refractivity contribution in [2.24, 2.45) is 0 Å². The summed E-state index contributed by atoms with van der Waals surface area (Å²) >= 11 is 5.93. The highest BCUT2D eigenvalue weighted by Crippen LogP contribution is 2.32. The molecule has 1 aliphatic heterocycles. The van der Waals surface area contributed by atoms with Crippen LogP contribution in [0.4, 0.5) is 5.69 Å². The number of aryl methyl sites for hydroxylation is 1. The summed E-state index contributed by atoms with van der Waals surface area (Å²) in [6, 6.07) is 9.96. The van der Waals surface area contributed by atoms with Gasteiger partial charge in [-0.2, -0.15) is 0 Å². The van der Waals surface area contributed by atoms with Crippen LogP contribution in [-0.2, 0) is 14.3 Å². The van der Waals surface area contributed by atoms with Crippen molar-refractivity contribution in [3.63, 3.8) is 0 Å². The van der Waals surface area contributed by atoms with E-state index in [-0.39, 0.29) is 24.2 Å². The average Bonchev–Trinajstić information content (AvgIpc) is 2.94. The summed E-state index contributed by atoms with van der Waals surface area (Å²) in [6.07, 6.45) is 0. The van der Waals surface area contributed by atoms with Crippen LogP contribution in [0.3, 0.4) is 0 Å². The molecule has 0 bridgehead atoms. The van der Waals surface area contributed by atoms with Gasteiger partial charge in [-0.15, -0.1) is 0 Å². The monoisotopic (exact) mass is 387 g/mol. The third kappa shape index (κ3) is 4.28. The van der Waals surface area contributed by atoms with Crippen molar-refractivity contribution in [2.45, 2.75) is 19.8 Å². The van der Waals surface area contributed by atoms with Crippen molar-refractivity contribution in [3.05, 3.63) is 58.1 Å². The number of nitrogens with one attached hydrogen (secondary N) is 1. The Kier molecular flexibility index (Phi) is 5.46. The number of carbonyl (C=O) groups is 3. The number of esters is 1. The van der Waals surface area contributed by atoms with Crippen molar-refractivity contribution in [1.82, 2.24) is 0 Å². The Bertz CT molecular complexity index is 925. The Labute approximate surface area is 161 Å². The number of Topliss-reactive ketones (excluding diaryl/α,β-unsaturated/α-hetero) is 1. The number of halogens is 1. The predicted molar refractivity (Wildman–Crippen MR) is 100 cm³/mol. The molecular formula is C20H18ClNO5. The van der Waals surface area contributed by atoms with Gasteiger partial charge in [-0.25, -0.2) is 4.79 Å². The SMILES string of the molecule is Cc1cc(OCC(=O)OCC(=O)c2ccc3c(c2)[C@H](C)C(=O)N3)ccc1Cl. The van der Waals surface area contributed by atoms with E-state index in [1.54, 1.807) is 43.3 Å². The first-order valence-corrected chi connectivity index (χ1v) is 8.75. The highest BCUT2D eigenvalue weighted by atomic mass is 35.5. The minimum atomic E-state index is -0.651. The minimum Gasteiger partial charge on any atom is -0.482 e. The molecule has 1 heterocycles. The summed E-state index contributed by atoms with van der Waals surface area (Å²) in [5.74, 6) is -0.922. The van der Waals surface area contributed by atoms with Crippen LogP contribution in [0.25, 0.3) is 0 Å². The van der Waals surface area contributed by atoms with Crippen LogP contribution in [0.1, 0.15) is 34.3 Å². The molecular weight excluding hydrogens is 370 g/mol. The van der Waals surface area contributed by atoms with Gasteiger partial charge in [0.05, 0.1) is 5.92 Å². The predicted octanol–water partition coefficient (Wildman–Crippen LogP) is 3.51. The smallest absolute Gasteiger partial charge is 0.344 e. The second-order valence-corrected chi connectivity index (χ2v) is 6.70. The van der Waals surface area contributed by atoms with Gasteiger partial charge >= 0.3 is 5.97 Å². The van der Waals surface area contributed by atoms with E-state index in [0.717, 1.165) is 11.1 Å². The number of rotatable bonds is 6. The maximum atomic E-state index is 12.3. The molecule has 27 heavy (non-hydrogen) atoms. The molecule has 6 nitrogen and oxygen atoms in total. The number of carbonyl (C=O) groups excluding carboxylic acids is 3. The summed E-state index contributed by atoms with van der Waals surface area (Å²) in [5.41, 5.74) is 2.68. The average molecular weight is 388 g/mol. The lowest BCUT2D eigenvalue weighted by molar-refractivity contribution is -0.144. The molecule has 1 aliphatic rings. The summed E-state index contributed by atoms with van der Waals surface area (Å²) in [6.45, 7) is 2.89. The van der Waals surface area contributed by atoms with Crippen molar-refractivity contribution < 1.29 is 23.9 Å². The van der Waals surface area contributed by atoms with Gasteiger partial charge < -0.3 is 14.8 Å². The first-order valence-electron chi connectivity index (χ1n) is 8.37. The van der Waals surface area contributed by atoms with Gasteiger partial charge in [0, 0.05) is 16.3 Å². The molecule has 3 rings (SSSR count). The van der Waals surface area contributed by atoms with Gasteiger partial charge in [-0.05, 0) is 61.4 Å². The number of ketones is 1. The van der Waals surface area contributed by atoms with Crippen molar-refractivity contribution in [2.75, 3.05) is 18.5 Å². The molecule has 0 saturated carbocycles. The van der Waals surface area contributed by atoms with Crippen molar-refractivity contribution >= 4 is 34.9 Å². The van der Waals surface area contributed by atoms with Gasteiger partial charge in [-0.3, -0.25) is 9.59 Å². The first kappa shape index (κ1) is 18.9. The molecule has 2 aromatic carbocycles. The maximum absolute atomic E-state index is 12.3. The second-order valence-electron chi connectivity index (χ2n) is 6.30. The molecule has 0 unspecified atom stereocenters. The third-order valence-corrected chi connectivity index (χ3v) is 4.77. The molecule has 0 spiro atoms. The number of anilines is 1. The van der Waals surface area contributed by atoms with Gasteiger partial charge in [0.2, 0.25) is 5.91 Å². The molecule has 2 aromatic rings. The molecule has 0 saturated heterocycles. The fourth-order valence-corrected chi connectivity index (χ4v) is 2.83. The molecule has 140 valence electrons. The quantitative estimate of drug-likeness (QED) is 0.606. The topological polar surface area (TPSA) is 81.7 Å². The Morgan fingerprint density at radius 3 is 2.67 bits per heavy atom. The zero-order chi connectivity index (χ0) is 19.6. The minimum absolute atomic E-state index is 0.101. The van der Waals surface area contributed by atoms with E-state index in [4.69, 9.17) is 21.1 Å². The van der Waals surface area contributed by atoms with Crippen molar-refractivity contribution in [1.29, 1.82) is 0 Å². The first-order chi connectivity index (χ1) is 12.8. The lowest BCUT2D eigenvalue weighted by atomic mass is 9.99. The van der Waals surface area contributed by atoms with E-state index in [1.807, 2.05) is 6.92 Å². The molecule has 1 atom stereocenters. The highest BCUT2D eigenvalue weighted by Gasteiger charge is 2.27. The summed E-state index contributed by atoms with van der Waals surface area (Å²) in [5, 5.41) is 3.35. The number of ether oxygens (including phenoxy) is 2. The fourth-order valence-electron chi connectivity index (χ4n) is 2.71. The summed E-state index contributed by atoms with van der Waals surface area (Å²) < 4.78 is 10.3. The second kappa shape index (κ2) is 7.80. The standard InChI is InChI=1S/C20H18ClNO5/c1-11-7-14(4-5-16(11)21)26-10-19(24)27-9-18(23)13-3-6-17-15(8-13)12(2)20(25)22-17/h3-8,12H,9-10H2,1-2H3,(H,22,25)/t12-/m0/s1. The van der Waals surface area contributed by atoms with Gasteiger partial charge in [0.15, 0.2) is 19.0 Å². The van der Waals surface area contributed by atoms with Crippen LogP contribution in [-0.4, -0.2) is 30.9 Å². The molecule has 1 amide bonds. The Hall–Kier alpha value is -2.86. The lowest BCUT2D eigenvalue weighted by Crippen LogP contribution is -2.19. The Balaban J connectivity index is 1.52. The van der Waals surface area contributed by atoms with Crippen LogP contribution < -0.4 is 10.1 Å². The van der Waals surface area contributed by atoms with E-state index in [2.05, 4.69) is 5.32 Å². The van der Waals surface area contributed by atoms with Crippen LogP contribution in [0.15, 0.2) is 36.4 Å². The van der Waals surface area contributed by atoms with Crippen LogP contribution in [0.2, 0.25) is 5.02 Å². The van der Waals surface area contributed by atoms with Crippen LogP contribution in [0, 0.1) is 6.92 Å². The van der Waals surface area contributed by atoms with Crippen molar-refractivity contribution in [3.8, 4) is 5.75 Å². The van der Waals surface area contributed by atoms with Crippen LogP contribution >= 0.6 is 11.6 Å². The number of benzene rings is 2. The fraction of sp³-hybridized carbons (Fsp3) is 0.250. The van der Waals surface area contributed by atoms with E-state index in [1.165, 1.54) is 0 Å². The van der Waals surface area contributed by atoms with E-state index < -0.39 is 12.6 Å². The molecule has 0 radical (unpaired) electrons. The molecule has 0 aromatic heterocycles. The lowest BCUT2D eigenvalue weighted by Gasteiger charge is -2.09. The normalized spacial score (nSPS) is 15.1. The number of fused-ring (bicyclic) bond motifs is 1. The van der Waals surface area contributed by atoms with E-state index in [9.17, 15) is 14.4 Å². The zero-order valence-corrected chi connectivity index (χ0v) is 15.6. The third-order valence-electron chi connectivity index (χ3n) is 4.34. The number of hydrogen-bond donors (Lipinski definition) is 1. The Morgan fingerprint density at radius 1 is 1.15 bits per heavy atom. The van der Waals surface area contributed by atoms with Crippen LogP contribution in [0.5, 0.6) is 5.75 Å². The maximum Gasteiger partial charge on any atom is 0.344 e. The molecule has 1 N–H and O–H groups in total. The van der Waals surface area contributed by atoms with Gasteiger partial charge in [-0.1, -0.05) is 11.6 Å². The largest absolute Gasteiger partial charge is 0.482 e. The van der Waals surface area contributed by atoms with Gasteiger partial charge in [0.1, 0.15) is 5.75 Å². The highest BCUT2D eigenvalue weighted by molar-refractivity contribution is 6.31. The van der Waals surface area contributed by atoms with E-state index in [0.29, 0.717) is 22.0 Å². The zero-order valence-electron chi connectivity index (χ0n) is 14.9. The molecule has 0 aliphatic carbocycles. The van der Waals surface area contributed by atoms with Gasteiger partial charge in [0.25, 0.3) is 0 Å². The number of amides is 1. The number of hydrogen-bond acceptors (Lipinski definition) is 5. The summed E-state index contributed by atoms with van der Waals surface area (Å²) in [7, 11) is 0. The molecule has 7 heteroatoms. The Morgan fingerprint density at radius 2 is 1.93 bits per heavy atom. The van der Waals surface area contributed by atoms with E-state index >= 15 is 0 Å².